The Morgan fingerprint density at radius 1 is 0.880 bits per heavy atom. The van der Waals surface area contributed by atoms with Crippen LogP contribution in [0.25, 0.3) is 61.7 Å². The average molecular weight is 834 g/mol. The van der Waals surface area contributed by atoms with Gasteiger partial charge in [0.1, 0.15) is 5.58 Å². The van der Waals surface area contributed by atoms with E-state index in [1.54, 1.807) is 0 Å². The molecule has 255 valence electrons. The van der Waals surface area contributed by atoms with E-state index in [1.165, 1.54) is 47.9 Å². The van der Waals surface area contributed by atoms with Gasteiger partial charge in [-0.1, -0.05) is 92.6 Å². The van der Waals surface area contributed by atoms with Crippen LogP contribution < -0.4 is 0 Å². The Kier molecular flexibility index (Phi) is 9.17. The zero-order valence-electron chi connectivity index (χ0n) is 29.5. The summed E-state index contributed by atoms with van der Waals surface area (Å²) in [7, 11) is 0. The molecule has 0 amide bonds. The summed E-state index contributed by atoms with van der Waals surface area (Å²) >= 11 is 0. The standard InChI is InChI=1S/C23H25N2.C22H18NO.Ir/c1-22(2,3)15-18-14-17-12-9-13-19-20(17)25(23(18,4)5)21(24-19)16-10-7-6-8-11-16;1-2-7-15(6-1)16-12-13-23-20(14-16)19-10-5-9-18-17-8-3-4-11-21(17)24-22(18)19;/h6-10,12-14H,15H2,1-5H3;3-5,8-9,11-15H,1-2,6-7H2;/q2*-1;. The fraction of sp³-hybridized carbons (Fsp3) is 0.289. The second-order valence-electron chi connectivity index (χ2n) is 15.4. The van der Waals surface area contributed by atoms with Crippen LogP contribution in [-0.2, 0) is 25.6 Å². The number of imidazole rings is 1. The SMILES string of the molecule is CC(C)(C)CC1=Cc2cccc3nc(-c4[c-]cccc4)n(c23)C1(C)C.[Ir].[c-]1ccc2c(oc3ccccc32)c1-c1cc(C2CCCC2)ccn1. The number of hydrogen-bond acceptors (Lipinski definition) is 3. The second-order valence-corrected chi connectivity index (χ2v) is 15.4. The maximum absolute atomic E-state index is 6.13. The quantitative estimate of drug-likeness (QED) is 0.166. The summed E-state index contributed by atoms with van der Waals surface area (Å²) in [5, 5.41) is 2.28. The molecular weight excluding hydrogens is 791 g/mol. The molecule has 1 radical (unpaired) electrons. The minimum Gasteiger partial charge on any atom is -0.501 e. The number of hydrogen-bond donors (Lipinski definition) is 0. The predicted molar refractivity (Wildman–Crippen MR) is 202 cm³/mol. The number of allylic oxidation sites excluding steroid dienone is 1. The number of aromatic nitrogens is 3. The molecular formula is C45H43IrN3O-2. The molecule has 1 fully saturated rings. The number of fused-ring (bicyclic) bond motifs is 3. The molecule has 2 aliphatic rings. The molecule has 50 heavy (non-hydrogen) atoms. The summed E-state index contributed by atoms with van der Waals surface area (Å²) in [4.78, 5) is 9.59. The van der Waals surface area contributed by atoms with E-state index >= 15 is 0 Å². The second kappa shape index (κ2) is 13.4. The summed E-state index contributed by atoms with van der Waals surface area (Å²) in [6.07, 6.45) is 10.6. The van der Waals surface area contributed by atoms with Gasteiger partial charge in [0.2, 0.25) is 0 Å². The van der Waals surface area contributed by atoms with Gasteiger partial charge in [-0.15, -0.1) is 54.1 Å². The Morgan fingerprint density at radius 2 is 1.68 bits per heavy atom. The fourth-order valence-electron chi connectivity index (χ4n) is 7.85. The van der Waals surface area contributed by atoms with E-state index in [1.807, 2.05) is 42.6 Å². The topological polar surface area (TPSA) is 43.9 Å². The monoisotopic (exact) mass is 834 g/mol. The van der Waals surface area contributed by atoms with Crippen LogP contribution in [0.1, 0.15) is 83.8 Å². The maximum atomic E-state index is 6.13. The predicted octanol–water partition coefficient (Wildman–Crippen LogP) is 12.2. The third-order valence-corrected chi connectivity index (χ3v) is 10.3. The molecule has 1 aliphatic heterocycles. The molecule has 0 unspecified atom stereocenters. The number of nitrogens with zero attached hydrogens (tertiary/aromatic N) is 3. The van der Waals surface area contributed by atoms with E-state index in [0.717, 1.165) is 56.5 Å². The van der Waals surface area contributed by atoms with Gasteiger partial charge in [0.15, 0.2) is 0 Å². The summed E-state index contributed by atoms with van der Waals surface area (Å²) in [5.74, 6) is 1.69. The molecule has 0 N–H and O–H groups in total. The van der Waals surface area contributed by atoms with Gasteiger partial charge in [-0.05, 0) is 79.5 Å². The van der Waals surface area contributed by atoms with Gasteiger partial charge in [-0.25, -0.2) is 0 Å². The van der Waals surface area contributed by atoms with Gasteiger partial charge in [0.25, 0.3) is 0 Å². The molecule has 5 heteroatoms. The van der Waals surface area contributed by atoms with E-state index in [2.05, 4.69) is 117 Å². The Labute approximate surface area is 309 Å². The Morgan fingerprint density at radius 3 is 2.46 bits per heavy atom. The number of pyridine rings is 1. The van der Waals surface area contributed by atoms with Crippen molar-refractivity contribution in [1.82, 2.24) is 14.5 Å². The van der Waals surface area contributed by atoms with E-state index < -0.39 is 0 Å². The van der Waals surface area contributed by atoms with Crippen LogP contribution in [-0.4, -0.2) is 14.5 Å². The molecule has 0 spiro atoms. The van der Waals surface area contributed by atoms with Crippen LogP contribution in [0.2, 0.25) is 0 Å². The van der Waals surface area contributed by atoms with Crippen molar-refractivity contribution in [2.24, 2.45) is 5.41 Å². The van der Waals surface area contributed by atoms with Crippen LogP contribution in [0.3, 0.4) is 0 Å². The van der Waals surface area contributed by atoms with Gasteiger partial charge in [-0.3, -0.25) is 4.98 Å². The molecule has 0 atom stereocenters. The molecule has 0 saturated heterocycles. The molecule has 3 aromatic heterocycles. The molecule has 9 rings (SSSR count). The van der Waals surface area contributed by atoms with Crippen LogP contribution in [0, 0.1) is 17.5 Å². The molecule has 1 saturated carbocycles. The van der Waals surface area contributed by atoms with E-state index in [9.17, 15) is 0 Å². The van der Waals surface area contributed by atoms with Crippen molar-refractivity contribution >= 4 is 39.0 Å². The van der Waals surface area contributed by atoms with Gasteiger partial charge >= 0.3 is 0 Å². The minimum atomic E-state index is -0.116. The van der Waals surface area contributed by atoms with Gasteiger partial charge in [0.05, 0.1) is 28.0 Å². The zero-order valence-corrected chi connectivity index (χ0v) is 31.9. The summed E-state index contributed by atoms with van der Waals surface area (Å²) < 4.78 is 8.55. The third kappa shape index (κ3) is 6.27. The van der Waals surface area contributed by atoms with Crippen molar-refractivity contribution in [2.75, 3.05) is 0 Å². The van der Waals surface area contributed by atoms with Crippen molar-refractivity contribution in [3.63, 3.8) is 0 Å². The number of rotatable bonds is 4. The van der Waals surface area contributed by atoms with Crippen LogP contribution >= 0.6 is 0 Å². The van der Waals surface area contributed by atoms with Gasteiger partial charge in [-0.2, -0.15) is 0 Å². The Hall–Kier alpha value is -4.31. The van der Waals surface area contributed by atoms with Gasteiger partial charge < -0.3 is 14.0 Å². The first-order valence-corrected chi connectivity index (χ1v) is 17.7. The largest absolute Gasteiger partial charge is 0.501 e. The number of furan rings is 1. The van der Waals surface area contributed by atoms with E-state index in [4.69, 9.17) is 9.40 Å². The van der Waals surface area contributed by atoms with Crippen molar-refractivity contribution in [1.29, 1.82) is 0 Å². The Bertz CT molecular complexity index is 2330. The van der Waals surface area contributed by atoms with Crippen LogP contribution in [0.5, 0.6) is 0 Å². The molecule has 7 aromatic rings. The molecule has 0 bridgehead atoms. The molecule has 4 nitrogen and oxygen atoms in total. The molecule has 4 heterocycles. The maximum Gasteiger partial charge on any atom is 0.120 e. The number of benzene rings is 4. The molecule has 1 aliphatic carbocycles. The zero-order chi connectivity index (χ0) is 33.8. The van der Waals surface area contributed by atoms with Crippen molar-refractivity contribution < 1.29 is 24.5 Å². The minimum absolute atomic E-state index is 0. The summed E-state index contributed by atoms with van der Waals surface area (Å²) in [6, 6.07) is 37.9. The molecule has 4 aromatic carbocycles. The van der Waals surface area contributed by atoms with Crippen molar-refractivity contribution in [2.45, 2.75) is 78.2 Å². The smallest absolute Gasteiger partial charge is 0.120 e. The first kappa shape index (κ1) is 34.2. The summed E-state index contributed by atoms with van der Waals surface area (Å²) in [6.45, 7) is 11.5. The van der Waals surface area contributed by atoms with E-state index in [0.29, 0.717) is 5.92 Å². The average Bonchev–Trinajstić information content (AvgIpc) is 3.86. The van der Waals surface area contributed by atoms with Gasteiger partial charge in [0, 0.05) is 31.7 Å². The normalized spacial score (nSPS) is 15.5. The van der Waals surface area contributed by atoms with Crippen LogP contribution in [0.15, 0.2) is 107 Å². The van der Waals surface area contributed by atoms with Crippen LogP contribution in [0.4, 0.5) is 0 Å². The van der Waals surface area contributed by atoms with Crippen molar-refractivity contribution in [3.05, 3.63) is 126 Å². The Balaban J connectivity index is 0.000000154. The first-order valence-electron chi connectivity index (χ1n) is 17.7. The summed E-state index contributed by atoms with van der Waals surface area (Å²) in [5.41, 5.74) is 11.3. The first-order chi connectivity index (χ1) is 23.7. The van der Waals surface area contributed by atoms with E-state index in [-0.39, 0.29) is 31.1 Å². The number of para-hydroxylation sites is 2. The fourth-order valence-corrected chi connectivity index (χ4v) is 7.85. The third-order valence-electron chi connectivity index (χ3n) is 10.3. The van der Waals surface area contributed by atoms with Crippen molar-refractivity contribution in [3.8, 4) is 22.6 Å².